The van der Waals surface area contributed by atoms with Crippen LogP contribution in [0.25, 0.3) is 11.5 Å². The van der Waals surface area contributed by atoms with E-state index >= 15 is 0 Å². The van der Waals surface area contributed by atoms with Crippen LogP contribution in [0, 0.1) is 6.92 Å². The van der Waals surface area contributed by atoms with E-state index in [-0.39, 0.29) is 6.54 Å². The average Bonchev–Trinajstić information content (AvgIpc) is 2.99. The number of aromatic nitrogens is 4. The van der Waals surface area contributed by atoms with Gasteiger partial charge in [-0.1, -0.05) is 16.4 Å². The molecule has 0 aliphatic heterocycles. The maximum atomic E-state index is 11.7. The van der Waals surface area contributed by atoms with Crippen molar-refractivity contribution in [3.8, 4) is 11.5 Å². The molecule has 0 saturated heterocycles. The summed E-state index contributed by atoms with van der Waals surface area (Å²) >= 11 is 0. The predicted octanol–water partition coefficient (Wildman–Crippen LogP) is 1.24. The molecule has 0 atom stereocenters. The molecular weight excluding hydrogens is 248 g/mol. The summed E-state index contributed by atoms with van der Waals surface area (Å²) in [5.41, 5.74) is 1.31. The Labute approximate surface area is 107 Å². The second-order valence-corrected chi connectivity index (χ2v) is 4.01. The van der Waals surface area contributed by atoms with Crippen molar-refractivity contribution < 1.29 is 9.05 Å². The standard InChI is InChI=1S/C12H10N4O3/c1-8-6-9(18-14-8)7-16-11(15-19-12(16)17)10-4-2-3-5-13-10/h2-6H,7H2,1H3. The highest BCUT2D eigenvalue weighted by molar-refractivity contribution is 5.47. The van der Waals surface area contributed by atoms with Crippen molar-refractivity contribution in [3.05, 3.63) is 52.5 Å². The van der Waals surface area contributed by atoms with E-state index in [1.54, 1.807) is 24.4 Å². The molecule has 7 heteroatoms. The van der Waals surface area contributed by atoms with Gasteiger partial charge in [-0.25, -0.2) is 9.36 Å². The van der Waals surface area contributed by atoms with E-state index in [1.165, 1.54) is 4.57 Å². The molecule has 3 rings (SSSR count). The van der Waals surface area contributed by atoms with Crippen LogP contribution < -0.4 is 5.76 Å². The molecule has 0 unspecified atom stereocenters. The fourth-order valence-electron chi connectivity index (χ4n) is 1.73. The zero-order valence-corrected chi connectivity index (χ0v) is 10.1. The van der Waals surface area contributed by atoms with E-state index < -0.39 is 5.76 Å². The SMILES string of the molecule is Cc1cc(Cn2c(-c3ccccn3)noc2=O)on1. The molecule has 3 aromatic rings. The van der Waals surface area contributed by atoms with E-state index in [4.69, 9.17) is 4.52 Å². The van der Waals surface area contributed by atoms with Crippen molar-refractivity contribution in [1.29, 1.82) is 0 Å². The molecule has 3 heterocycles. The zero-order chi connectivity index (χ0) is 13.2. The molecular formula is C12H10N4O3. The van der Waals surface area contributed by atoms with Crippen LogP contribution in [0.4, 0.5) is 0 Å². The van der Waals surface area contributed by atoms with Crippen molar-refractivity contribution in [3.63, 3.8) is 0 Å². The van der Waals surface area contributed by atoms with Gasteiger partial charge in [-0.2, -0.15) is 0 Å². The maximum absolute atomic E-state index is 11.7. The Morgan fingerprint density at radius 1 is 1.26 bits per heavy atom. The van der Waals surface area contributed by atoms with Crippen molar-refractivity contribution >= 4 is 0 Å². The summed E-state index contributed by atoms with van der Waals surface area (Å²) in [6.07, 6.45) is 1.62. The first-order valence-corrected chi connectivity index (χ1v) is 5.64. The molecule has 0 aliphatic rings. The first-order valence-electron chi connectivity index (χ1n) is 5.64. The molecule has 0 bridgehead atoms. The smallest absolute Gasteiger partial charge is 0.359 e. The Balaban J connectivity index is 2.02. The Morgan fingerprint density at radius 2 is 2.16 bits per heavy atom. The normalized spacial score (nSPS) is 10.8. The van der Waals surface area contributed by atoms with Crippen LogP contribution in [-0.4, -0.2) is 19.9 Å². The van der Waals surface area contributed by atoms with Crippen LogP contribution in [0.3, 0.4) is 0 Å². The number of hydrogen-bond donors (Lipinski definition) is 0. The molecule has 0 aliphatic carbocycles. The number of aryl methyl sites for hydroxylation is 1. The van der Waals surface area contributed by atoms with Gasteiger partial charge in [0.15, 0.2) is 5.76 Å². The highest BCUT2D eigenvalue weighted by Crippen LogP contribution is 2.13. The average molecular weight is 258 g/mol. The number of nitrogens with zero attached hydrogens (tertiary/aromatic N) is 4. The Kier molecular flexibility index (Phi) is 2.71. The molecule has 0 fully saturated rings. The van der Waals surface area contributed by atoms with E-state index in [0.29, 0.717) is 17.3 Å². The lowest BCUT2D eigenvalue weighted by Crippen LogP contribution is -2.16. The van der Waals surface area contributed by atoms with Gasteiger partial charge in [0.1, 0.15) is 5.69 Å². The quantitative estimate of drug-likeness (QED) is 0.702. The van der Waals surface area contributed by atoms with Crippen LogP contribution in [0.5, 0.6) is 0 Å². The second kappa shape index (κ2) is 4.52. The van der Waals surface area contributed by atoms with Crippen molar-refractivity contribution in [2.24, 2.45) is 0 Å². The minimum absolute atomic E-state index is 0.203. The van der Waals surface area contributed by atoms with Crippen molar-refractivity contribution in [2.45, 2.75) is 13.5 Å². The van der Waals surface area contributed by atoms with E-state index in [0.717, 1.165) is 5.69 Å². The van der Waals surface area contributed by atoms with Gasteiger partial charge in [-0.3, -0.25) is 9.51 Å². The van der Waals surface area contributed by atoms with Gasteiger partial charge in [0.05, 0.1) is 12.2 Å². The zero-order valence-electron chi connectivity index (χ0n) is 10.1. The highest BCUT2D eigenvalue weighted by atomic mass is 16.5. The molecule has 0 saturated carbocycles. The third-order valence-electron chi connectivity index (χ3n) is 2.57. The summed E-state index contributed by atoms with van der Waals surface area (Å²) in [4.78, 5) is 15.8. The van der Waals surface area contributed by atoms with Gasteiger partial charge in [0.25, 0.3) is 0 Å². The summed E-state index contributed by atoms with van der Waals surface area (Å²) < 4.78 is 11.1. The summed E-state index contributed by atoms with van der Waals surface area (Å²) in [7, 11) is 0. The van der Waals surface area contributed by atoms with Crippen LogP contribution in [-0.2, 0) is 6.54 Å². The Morgan fingerprint density at radius 3 is 2.84 bits per heavy atom. The Bertz CT molecular complexity index is 742. The van der Waals surface area contributed by atoms with Crippen LogP contribution in [0.2, 0.25) is 0 Å². The fourth-order valence-corrected chi connectivity index (χ4v) is 1.73. The molecule has 0 aromatic carbocycles. The topological polar surface area (TPSA) is 87.0 Å². The molecule has 3 aromatic heterocycles. The minimum Gasteiger partial charge on any atom is -0.359 e. The van der Waals surface area contributed by atoms with Gasteiger partial charge >= 0.3 is 5.76 Å². The molecule has 96 valence electrons. The van der Waals surface area contributed by atoms with Gasteiger partial charge < -0.3 is 4.52 Å². The summed E-state index contributed by atoms with van der Waals surface area (Å²) in [6.45, 7) is 2.01. The van der Waals surface area contributed by atoms with Gasteiger partial charge in [-0.15, -0.1) is 0 Å². The summed E-state index contributed by atoms with van der Waals surface area (Å²) in [5, 5.41) is 7.51. The lowest BCUT2D eigenvalue weighted by atomic mass is 10.3. The molecule has 0 radical (unpaired) electrons. The first kappa shape index (κ1) is 11.4. The number of pyridine rings is 1. The van der Waals surface area contributed by atoms with Gasteiger partial charge in [0, 0.05) is 12.3 Å². The highest BCUT2D eigenvalue weighted by Gasteiger charge is 2.15. The van der Waals surface area contributed by atoms with Crippen LogP contribution in [0.15, 0.2) is 44.3 Å². The van der Waals surface area contributed by atoms with Crippen LogP contribution in [0.1, 0.15) is 11.5 Å². The van der Waals surface area contributed by atoms with E-state index in [2.05, 4.69) is 19.8 Å². The van der Waals surface area contributed by atoms with Gasteiger partial charge in [0.2, 0.25) is 5.82 Å². The third kappa shape index (κ3) is 2.17. The second-order valence-electron chi connectivity index (χ2n) is 4.01. The lowest BCUT2D eigenvalue weighted by molar-refractivity contribution is 0.356. The third-order valence-corrected chi connectivity index (χ3v) is 2.57. The first-order chi connectivity index (χ1) is 9.24. The molecule has 0 amide bonds. The van der Waals surface area contributed by atoms with Crippen molar-refractivity contribution in [1.82, 2.24) is 19.9 Å². The van der Waals surface area contributed by atoms with Crippen LogP contribution >= 0.6 is 0 Å². The molecule has 0 N–H and O–H groups in total. The Hall–Kier alpha value is -2.70. The maximum Gasteiger partial charge on any atom is 0.442 e. The van der Waals surface area contributed by atoms with E-state index in [9.17, 15) is 4.79 Å². The lowest BCUT2D eigenvalue weighted by Gasteiger charge is -2.00. The number of rotatable bonds is 3. The molecule has 19 heavy (non-hydrogen) atoms. The molecule has 0 spiro atoms. The number of hydrogen-bond acceptors (Lipinski definition) is 6. The van der Waals surface area contributed by atoms with Crippen molar-refractivity contribution in [2.75, 3.05) is 0 Å². The monoisotopic (exact) mass is 258 g/mol. The predicted molar refractivity (Wildman–Crippen MR) is 64.3 cm³/mol. The fraction of sp³-hybridized carbons (Fsp3) is 0.167. The van der Waals surface area contributed by atoms with E-state index in [1.807, 2.05) is 13.0 Å². The minimum atomic E-state index is -0.560. The van der Waals surface area contributed by atoms with Gasteiger partial charge in [-0.05, 0) is 19.1 Å². The largest absolute Gasteiger partial charge is 0.442 e. The summed E-state index contributed by atoms with van der Waals surface area (Å²) in [6, 6.07) is 7.09. The molecule has 7 nitrogen and oxygen atoms in total. The summed E-state index contributed by atoms with van der Waals surface area (Å²) in [5.74, 6) is 0.356.